The first-order chi connectivity index (χ1) is 11.6. The van der Waals surface area contributed by atoms with E-state index in [0.29, 0.717) is 30.2 Å². The number of halogens is 1. The van der Waals surface area contributed by atoms with Crippen molar-refractivity contribution in [2.45, 2.75) is 25.4 Å². The molecule has 0 bridgehead atoms. The van der Waals surface area contributed by atoms with E-state index in [9.17, 15) is 9.59 Å². The van der Waals surface area contributed by atoms with Crippen LogP contribution in [0.15, 0.2) is 42.9 Å². The summed E-state index contributed by atoms with van der Waals surface area (Å²) >= 11 is 5.84. The Morgan fingerprint density at radius 3 is 2.71 bits per heavy atom. The summed E-state index contributed by atoms with van der Waals surface area (Å²) in [5, 5.41) is 3.38. The van der Waals surface area contributed by atoms with Crippen molar-refractivity contribution in [3.63, 3.8) is 0 Å². The molecule has 1 saturated heterocycles. The first-order valence-electron chi connectivity index (χ1n) is 7.71. The fraction of sp³-hybridized carbons (Fsp3) is 0.294. The van der Waals surface area contributed by atoms with Crippen LogP contribution in [0.4, 0.5) is 0 Å². The van der Waals surface area contributed by atoms with Gasteiger partial charge < -0.3 is 10.2 Å². The van der Waals surface area contributed by atoms with Crippen molar-refractivity contribution in [1.82, 2.24) is 20.2 Å². The lowest BCUT2D eigenvalue weighted by Crippen LogP contribution is -2.41. The van der Waals surface area contributed by atoms with Crippen molar-refractivity contribution in [2.75, 3.05) is 6.54 Å². The molecule has 7 heteroatoms. The average molecular weight is 345 g/mol. The van der Waals surface area contributed by atoms with Gasteiger partial charge in [-0.1, -0.05) is 11.6 Å². The van der Waals surface area contributed by atoms with Gasteiger partial charge in [0.15, 0.2) is 0 Å². The second kappa shape index (κ2) is 7.40. The molecule has 2 aromatic rings. The molecule has 24 heavy (non-hydrogen) atoms. The Morgan fingerprint density at radius 1 is 1.29 bits per heavy atom. The maximum atomic E-state index is 12.8. The van der Waals surface area contributed by atoms with Crippen molar-refractivity contribution in [3.05, 3.63) is 59.1 Å². The molecule has 3 rings (SSSR count). The summed E-state index contributed by atoms with van der Waals surface area (Å²) in [7, 11) is 0. The molecular weight excluding hydrogens is 328 g/mol. The van der Waals surface area contributed by atoms with Crippen molar-refractivity contribution in [1.29, 1.82) is 0 Å². The van der Waals surface area contributed by atoms with Gasteiger partial charge in [-0.15, -0.1) is 0 Å². The van der Waals surface area contributed by atoms with Gasteiger partial charge in [0.05, 0.1) is 5.02 Å². The Bertz CT molecular complexity index is 721. The Morgan fingerprint density at radius 2 is 2.08 bits per heavy atom. The number of hydrogen-bond acceptors (Lipinski definition) is 4. The van der Waals surface area contributed by atoms with Gasteiger partial charge in [-0.25, -0.2) is 4.98 Å². The number of hydrogen-bond donors (Lipinski definition) is 1. The topological polar surface area (TPSA) is 75.2 Å². The third-order valence-corrected chi connectivity index (χ3v) is 4.11. The molecule has 2 aromatic heterocycles. The van der Waals surface area contributed by atoms with Crippen molar-refractivity contribution < 1.29 is 9.59 Å². The first-order valence-corrected chi connectivity index (χ1v) is 8.09. The maximum Gasteiger partial charge on any atom is 0.272 e. The summed E-state index contributed by atoms with van der Waals surface area (Å²) in [4.78, 5) is 34.0. The lowest BCUT2D eigenvalue weighted by atomic mass is 10.1. The summed E-state index contributed by atoms with van der Waals surface area (Å²) < 4.78 is 0. The van der Waals surface area contributed by atoms with Crippen LogP contribution in [0.1, 0.15) is 28.9 Å². The van der Waals surface area contributed by atoms with Crippen LogP contribution in [0, 0.1) is 0 Å². The fourth-order valence-electron chi connectivity index (χ4n) is 2.67. The van der Waals surface area contributed by atoms with Crippen LogP contribution in [0.25, 0.3) is 0 Å². The number of nitrogens with zero attached hydrogens (tertiary/aromatic N) is 3. The number of rotatable bonds is 5. The van der Waals surface area contributed by atoms with Gasteiger partial charge in [0.25, 0.3) is 5.91 Å². The largest absolute Gasteiger partial charge is 0.352 e. The van der Waals surface area contributed by atoms with Crippen LogP contribution >= 0.6 is 11.6 Å². The van der Waals surface area contributed by atoms with Crippen molar-refractivity contribution in [3.8, 4) is 0 Å². The molecule has 0 aliphatic carbocycles. The zero-order valence-electron chi connectivity index (χ0n) is 13.0. The molecule has 0 spiro atoms. The molecule has 3 heterocycles. The van der Waals surface area contributed by atoms with Crippen LogP contribution in [-0.2, 0) is 11.3 Å². The number of pyridine rings is 2. The number of aromatic nitrogens is 2. The Balaban J connectivity index is 1.78. The Kier molecular flexibility index (Phi) is 5.05. The van der Waals surface area contributed by atoms with Gasteiger partial charge in [0.1, 0.15) is 5.69 Å². The predicted molar refractivity (Wildman–Crippen MR) is 89.4 cm³/mol. The lowest BCUT2D eigenvalue weighted by molar-refractivity contribution is -0.119. The molecule has 1 aliphatic heterocycles. The number of carbonyl (C=O) groups is 2. The standard InChI is InChI=1S/C17H17ClN4O2/c18-13-1-3-15(20-9-13)17(24)22(10-12-5-7-19-8-6-12)11-14-2-4-16(23)21-14/h1,3,5-9,14H,2,4,10-11H2,(H,21,23)/t14-/m0/s1. The van der Waals surface area contributed by atoms with E-state index in [-0.39, 0.29) is 17.9 Å². The number of amides is 2. The van der Waals surface area contributed by atoms with E-state index in [2.05, 4.69) is 15.3 Å². The minimum Gasteiger partial charge on any atom is -0.352 e. The van der Waals surface area contributed by atoms with Crippen molar-refractivity contribution >= 4 is 23.4 Å². The molecule has 1 atom stereocenters. The monoisotopic (exact) mass is 344 g/mol. The molecule has 0 unspecified atom stereocenters. The minimum atomic E-state index is -0.190. The molecule has 2 amide bonds. The van der Waals surface area contributed by atoms with E-state index in [0.717, 1.165) is 12.0 Å². The van der Waals surface area contributed by atoms with Gasteiger partial charge >= 0.3 is 0 Å². The summed E-state index contributed by atoms with van der Waals surface area (Å²) in [5.41, 5.74) is 1.30. The summed E-state index contributed by atoms with van der Waals surface area (Å²) in [6.45, 7) is 0.870. The van der Waals surface area contributed by atoms with E-state index in [1.807, 2.05) is 12.1 Å². The molecular formula is C17H17ClN4O2. The molecule has 0 saturated carbocycles. The third kappa shape index (κ3) is 4.08. The van der Waals surface area contributed by atoms with E-state index in [1.54, 1.807) is 29.4 Å². The van der Waals surface area contributed by atoms with E-state index >= 15 is 0 Å². The number of nitrogens with one attached hydrogen (secondary N) is 1. The smallest absolute Gasteiger partial charge is 0.272 e. The minimum absolute atomic E-state index is 0.0286. The van der Waals surface area contributed by atoms with Gasteiger partial charge in [-0.3, -0.25) is 14.6 Å². The quantitative estimate of drug-likeness (QED) is 0.900. The normalized spacial score (nSPS) is 16.7. The second-order valence-electron chi connectivity index (χ2n) is 5.71. The average Bonchev–Trinajstić information content (AvgIpc) is 3.00. The zero-order chi connectivity index (χ0) is 16.9. The summed E-state index contributed by atoms with van der Waals surface area (Å²) in [5.74, 6) is -0.162. The second-order valence-corrected chi connectivity index (χ2v) is 6.14. The zero-order valence-corrected chi connectivity index (χ0v) is 13.7. The highest BCUT2D eigenvalue weighted by atomic mass is 35.5. The highest BCUT2D eigenvalue weighted by molar-refractivity contribution is 6.30. The molecule has 1 N–H and O–H groups in total. The van der Waals surface area contributed by atoms with Crippen LogP contribution in [-0.4, -0.2) is 39.3 Å². The van der Waals surface area contributed by atoms with Crippen molar-refractivity contribution in [2.24, 2.45) is 0 Å². The molecule has 124 valence electrons. The molecule has 0 radical (unpaired) electrons. The van der Waals surface area contributed by atoms with E-state index < -0.39 is 0 Å². The van der Waals surface area contributed by atoms with E-state index in [4.69, 9.17) is 11.6 Å². The molecule has 1 aliphatic rings. The summed E-state index contributed by atoms with van der Waals surface area (Å²) in [6, 6.07) is 6.95. The highest BCUT2D eigenvalue weighted by Gasteiger charge is 2.26. The van der Waals surface area contributed by atoms with Crippen LogP contribution in [0.5, 0.6) is 0 Å². The van der Waals surface area contributed by atoms with Gasteiger partial charge in [-0.2, -0.15) is 0 Å². The van der Waals surface area contributed by atoms with Crippen LogP contribution in [0.2, 0.25) is 5.02 Å². The van der Waals surface area contributed by atoms with Gasteiger partial charge in [0, 0.05) is 44.1 Å². The molecule has 6 nitrogen and oxygen atoms in total. The molecule has 0 aromatic carbocycles. The van der Waals surface area contributed by atoms with E-state index in [1.165, 1.54) is 6.20 Å². The first kappa shape index (κ1) is 16.4. The Hall–Kier alpha value is -2.47. The maximum absolute atomic E-state index is 12.8. The SMILES string of the molecule is O=C1CC[C@@H](CN(Cc2ccncc2)C(=O)c2ccc(Cl)cn2)N1. The van der Waals surface area contributed by atoms with Gasteiger partial charge in [0.2, 0.25) is 5.91 Å². The fourth-order valence-corrected chi connectivity index (χ4v) is 2.78. The van der Waals surface area contributed by atoms with Crippen LogP contribution in [0.3, 0.4) is 0 Å². The number of carbonyl (C=O) groups excluding carboxylic acids is 2. The highest BCUT2D eigenvalue weighted by Crippen LogP contribution is 2.15. The molecule has 1 fully saturated rings. The lowest BCUT2D eigenvalue weighted by Gasteiger charge is -2.25. The third-order valence-electron chi connectivity index (χ3n) is 3.88. The predicted octanol–water partition coefficient (Wildman–Crippen LogP) is 2.05. The summed E-state index contributed by atoms with van der Waals surface area (Å²) in [6.07, 6.45) is 6.07. The van der Waals surface area contributed by atoms with Crippen LogP contribution < -0.4 is 5.32 Å². The Labute approximate surface area is 144 Å². The van der Waals surface area contributed by atoms with Gasteiger partial charge in [-0.05, 0) is 36.2 Å².